The first-order valence-electron chi connectivity index (χ1n) is 8.40. The van der Waals surface area contributed by atoms with E-state index < -0.39 is 0 Å². The molecule has 0 bridgehead atoms. The summed E-state index contributed by atoms with van der Waals surface area (Å²) in [5.74, 6) is 0.237. The molecule has 24 heavy (non-hydrogen) atoms. The van der Waals surface area contributed by atoms with Gasteiger partial charge in [-0.1, -0.05) is 57.9 Å². The highest BCUT2D eigenvalue weighted by atomic mass is 79.9. The van der Waals surface area contributed by atoms with Gasteiger partial charge in [-0.3, -0.25) is 9.69 Å². The summed E-state index contributed by atoms with van der Waals surface area (Å²) < 4.78 is 1.12. The van der Waals surface area contributed by atoms with Crippen molar-refractivity contribution in [1.82, 2.24) is 9.80 Å². The Labute approximate surface area is 152 Å². The van der Waals surface area contributed by atoms with Crippen LogP contribution in [0.3, 0.4) is 0 Å². The van der Waals surface area contributed by atoms with Crippen molar-refractivity contribution in [3.63, 3.8) is 0 Å². The molecule has 0 spiro atoms. The van der Waals surface area contributed by atoms with Crippen LogP contribution >= 0.6 is 15.9 Å². The Morgan fingerprint density at radius 1 is 1.00 bits per heavy atom. The van der Waals surface area contributed by atoms with Gasteiger partial charge in [0.1, 0.15) is 0 Å². The lowest BCUT2D eigenvalue weighted by molar-refractivity contribution is -0.132. The SMILES string of the molecule is Cc1ccc(CC(=O)N2CCN(Cc3cccc(Br)c3)CC2)cc1. The lowest BCUT2D eigenvalue weighted by Crippen LogP contribution is -2.48. The summed E-state index contributed by atoms with van der Waals surface area (Å²) in [5, 5.41) is 0. The van der Waals surface area contributed by atoms with Gasteiger partial charge < -0.3 is 4.90 Å². The van der Waals surface area contributed by atoms with E-state index in [1.165, 1.54) is 11.1 Å². The molecule has 1 amide bonds. The molecule has 0 radical (unpaired) electrons. The maximum absolute atomic E-state index is 12.5. The number of hydrogen-bond donors (Lipinski definition) is 0. The predicted molar refractivity (Wildman–Crippen MR) is 101 cm³/mol. The zero-order valence-corrected chi connectivity index (χ0v) is 15.6. The van der Waals surface area contributed by atoms with E-state index in [1.807, 2.05) is 11.0 Å². The highest BCUT2D eigenvalue weighted by Crippen LogP contribution is 2.15. The second kappa shape index (κ2) is 7.95. The monoisotopic (exact) mass is 386 g/mol. The second-order valence-corrected chi connectivity index (χ2v) is 7.36. The highest BCUT2D eigenvalue weighted by molar-refractivity contribution is 9.10. The third kappa shape index (κ3) is 4.68. The summed E-state index contributed by atoms with van der Waals surface area (Å²) in [6.45, 7) is 6.52. The van der Waals surface area contributed by atoms with E-state index in [-0.39, 0.29) is 5.91 Å². The number of carbonyl (C=O) groups is 1. The van der Waals surface area contributed by atoms with Gasteiger partial charge in [-0.25, -0.2) is 0 Å². The summed E-state index contributed by atoms with van der Waals surface area (Å²) in [6.07, 6.45) is 0.506. The van der Waals surface area contributed by atoms with E-state index in [0.29, 0.717) is 6.42 Å². The lowest BCUT2D eigenvalue weighted by Gasteiger charge is -2.35. The number of benzene rings is 2. The third-order valence-corrected chi connectivity index (χ3v) is 4.99. The molecule has 0 N–H and O–H groups in total. The number of amides is 1. The van der Waals surface area contributed by atoms with E-state index in [0.717, 1.165) is 42.8 Å². The molecule has 1 saturated heterocycles. The van der Waals surface area contributed by atoms with Gasteiger partial charge in [-0.05, 0) is 30.2 Å². The Bertz CT molecular complexity index is 691. The largest absolute Gasteiger partial charge is 0.340 e. The summed E-state index contributed by atoms with van der Waals surface area (Å²) in [7, 11) is 0. The molecule has 1 aliphatic heterocycles. The minimum Gasteiger partial charge on any atom is -0.340 e. The Kier molecular flexibility index (Phi) is 5.69. The zero-order chi connectivity index (χ0) is 16.9. The van der Waals surface area contributed by atoms with Crippen molar-refractivity contribution in [2.45, 2.75) is 19.9 Å². The summed E-state index contributed by atoms with van der Waals surface area (Å²) in [4.78, 5) is 16.9. The van der Waals surface area contributed by atoms with Crippen molar-refractivity contribution in [1.29, 1.82) is 0 Å². The summed E-state index contributed by atoms with van der Waals surface area (Å²) in [6, 6.07) is 16.7. The number of rotatable bonds is 4. The maximum Gasteiger partial charge on any atom is 0.227 e. The molecule has 0 atom stereocenters. The van der Waals surface area contributed by atoms with E-state index >= 15 is 0 Å². The fourth-order valence-electron chi connectivity index (χ4n) is 3.04. The van der Waals surface area contributed by atoms with E-state index in [2.05, 4.69) is 70.2 Å². The van der Waals surface area contributed by atoms with Gasteiger partial charge in [0.15, 0.2) is 0 Å². The molecule has 1 aliphatic rings. The molecular formula is C20H23BrN2O. The maximum atomic E-state index is 12.5. The number of aryl methyl sites for hydroxylation is 1. The molecule has 1 fully saturated rings. The van der Waals surface area contributed by atoms with Crippen LogP contribution < -0.4 is 0 Å². The fourth-order valence-corrected chi connectivity index (χ4v) is 3.49. The summed E-state index contributed by atoms with van der Waals surface area (Å²) >= 11 is 3.52. The van der Waals surface area contributed by atoms with Crippen molar-refractivity contribution in [2.75, 3.05) is 26.2 Å². The minimum atomic E-state index is 0.237. The van der Waals surface area contributed by atoms with Crippen LogP contribution in [-0.4, -0.2) is 41.9 Å². The van der Waals surface area contributed by atoms with Crippen LogP contribution in [0.15, 0.2) is 53.0 Å². The lowest BCUT2D eigenvalue weighted by atomic mass is 10.1. The van der Waals surface area contributed by atoms with Crippen LogP contribution in [0, 0.1) is 6.92 Å². The van der Waals surface area contributed by atoms with Gasteiger partial charge in [0.25, 0.3) is 0 Å². The van der Waals surface area contributed by atoms with Crippen molar-refractivity contribution < 1.29 is 4.79 Å². The summed E-state index contributed by atoms with van der Waals surface area (Å²) in [5.41, 5.74) is 3.64. The first-order chi connectivity index (χ1) is 11.6. The fraction of sp³-hybridized carbons (Fsp3) is 0.350. The van der Waals surface area contributed by atoms with Gasteiger partial charge in [0.2, 0.25) is 5.91 Å². The van der Waals surface area contributed by atoms with Crippen molar-refractivity contribution in [3.8, 4) is 0 Å². The average molecular weight is 387 g/mol. The van der Waals surface area contributed by atoms with E-state index in [9.17, 15) is 4.79 Å². The predicted octanol–water partition coefficient (Wildman–Crippen LogP) is 3.64. The molecule has 1 heterocycles. The van der Waals surface area contributed by atoms with Crippen LogP contribution in [-0.2, 0) is 17.8 Å². The number of hydrogen-bond acceptors (Lipinski definition) is 2. The van der Waals surface area contributed by atoms with Crippen molar-refractivity contribution in [3.05, 3.63) is 69.7 Å². The highest BCUT2D eigenvalue weighted by Gasteiger charge is 2.21. The van der Waals surface area contributed by atoms with Crippen molar-refractivity contribution in [2.24, 2.45) is 0 Å². The number of piperazine rings is 1. The molecule has 0 saturated carbocycles. The topological polar surface area (TPSA) is 23.6 Å². The normalized spacial score (nSPS) is 15.5. The standard InChI is InChI=1S/C20H23BrN2O/c1-16-5-7-17(8-6-16)14-20(24)23-11-9-22(10-12-23)15-18-3-2-4-19(21)13-18/h2-8,13H,9-12,14-15H2,1H3. The first kappa shape index (κ1) is 17.2. The Balaban J connectivity index is 1.49. The zero-order valence-electron chi connectivity index (χ0n) is 14.0. The third-order valence-electron chi connectivity index (χ3n) is 4.50. The van der Waals surface area contributed by atoms with Crippen LogP contribution in [0.1, 0.15) is 16.7 Å². The Morgan fingerprint density at radius 2 is 1.71 bits per heavy atom. The van der Waals surface area contributed by atoms with Crippen LogP contribution in [0.4, 0.5) is 0 Å². The Hall–Kier alpha value is -1.65. The Morgan fingerprint density at radius 3 is 2.38 bits per heavy atom. The quantitative estimate of drug-likeness (QED) is 0.800. The van der Waals surface area contributed by atoms with Gasteiger partial charge in [-0.15, -0.1) is 0 Å². The molecule has 3 rings (SSSR count). The molecular weight excluding hydrogens is 364 g/mol. The molecule has 3 nitrogen and oxygen atoms in total. The van der Waals surface area contributed by atoms with Crippen LogP contribution in [0.5, 0.6) is 0 Å². The van der Waals surface area contributed by atoms with Crippen molar-refractivity contribution >= 4 is 21.8 Å². The smallest absolute Gasteiger partial charge is 0.227 e. The van der Waals surface area contributed by atoms with Gasteiger partial charge in [0.05, 0.1) is 6.42 Å². The minimum absolute atomic E-state index is 0.237. The van der Waals surface area contributed by atoms with Gasteiger partial charge in [0, 0.05) is 37.2 Å². The van der Waals surface area contributed by atoms with Crippen LogP contribution in [0.2, 0.25) is 0 Å². The molecule has 2 aromatic rings. The molecule has 0 aliphatic carbocycles. The number of carbonyl (C=O) groups excluding carboxylic acids is 1. The molecule has 0 aromatic heterocycles. The average Bonchev–Trinajstić information content (AvgIpc) is 2.57. The number of halogens is 1. The molecule has 2 aromatic carbocycles. The number of nitrogens with zero attached hydrogens (tertiary/aromatic N) is 2. The first-order valence-corrected chi connectivity index (χ1v) is 9.19. The second-order valence-electron chi connectivity index (χ2n) is 6.45. The van der Waals surface area contributed by atoms with Gasteiger partial charge in [-0.2, -0.15) is 0 Å². The van der Waals surface area contributed by atoms with Gasteiger partial charge >= 0.3 is 0 Å². The molecule has 4 heteroatoms. The molecule has 0 unspecified atom stereocenters. The van der Waals surface area contributed by atoms with E-state index in [1.54, 1.807) is 0 Å². The van der Waals surface area contributed by atoms with E-state index in [4.69, 9.17) is 0 Å². The molecule has 126 valence electrons. The van der Waals surface area contributed by atoms with Crippen LogP contribution in [0.25, 0.3) is 0 Å².